The standard InChI is InChI=1S/C16H19ClN2O/c1-19-8-4-12(5-9-19)14-3-2-13(10-15(14)17)16(6-7-16)18-11-20/h2-3,10,12H,4-9H2,1H3. The summed E-state index contributed by atoms with van der Waals surface area (Å²) < 4.78 is 0. The van der Waals surface area contributed by atoms with Crippen molar-refractivity contribution in [2.75, 3.05) is 20.1 Å². The van der Waals surface area contributed by atoms with E-state index >= 15 is 0 Å². The van der Waals surface area contributed by atoms with Gasteiger partial charge >= 0.3 is 0 Å². The van der Waals surface area contributed by atoms with Crippen molar-refractivity contribution < 1.29 is 4.79 Å². The Morgan fingerprint density at radius 3 is 2.60 bits per heavy atom. The van der Waals surface area contributed by atoms with Gasteiger partial charge in [0.15, 0.2) is 0 Å². The van der Waals surface area contributed by atoms with Crippen LogP contribution in [0.2, 0.25) is 5.02 Å². The lowest BCUT2D eigenvalue weighted by atomic mass is 9.88. The van der Waals surface area contributed by atoms with Crippen LogP contribution in [0.25, 0.3) is 0 Å². The van der Waals surface area contributed by atoms with Crippen molar-refractivity contribution in [2.45, 2.75) is 37.1 Å². The molecule has 0 radical (unpaired) electrons. The first-order valence-corrected chi connectivity index (χ1v) is 7.60. The van der Waals surface area contributed by atoms with E-state index in [1.807, 2.05) is 6.07 Å². The normalized spacial score (nSPS) is 22.3. The van der Waals surface area contributed by atoms with E-state index in [2.05, 4.69) is 29.1 Å². The molecule has 0 N–H and O–H groups in total. The van der Waals surface area contributed by atoms with Gasteiger partial charge in [-0.2, -0.15) is 4.99 Å². The average Bonchev–Trinajstić information content (AvgIpc) is 3.21. The number of halogens is 1. The summed E-state index contributed by atoms with van der Waals surface area (Å²) in [5.41, 5.74) is 1.98. The molecule has 1 saturated carbocycles. The molecule has 20 heavy (non-hydrogen) atoms. The molecule has 0 aromatic heterocycles. The monoisotopic (exact) mass is 290 g/mol. The van der Waals surface area contributed by atoms with Crippen molar-refractivity contribution in [3.8, 4) is 0 Å². The second-order valence-corrected chi connectivity index (χ2v) is 6.46. The van der Waals surface area contributed by atoms with Crippen LogP contribution in [-0.4, -0.2) is 31.1 Å². The molecule has 0 unspecified atom stereocenters. The van der Waals surface area contributed by atoms with Crippen LogP contribution in [0.3, 0.4) is 0 Å². The first-order chi connectivity index (χ1) is 9.64. The summed E-state index contributed by atoms with van der Waals surface area (Å²) in [4.78, 5) is 16.9. The van der Waals surface area contributed by atoms with Crippen molar-refractivity contribution >= 4 is 17.7 Å². The van der Waals surface area contributed by atoms with Crippen molar-refractivity contribution in [3.63, 3.8) is 0 Å². The van der Waals surface area contributed by atoms with E-state index in [0.717, 1.165) is 49.4 Å². The summed E-state index contributed by atoms with van der Waals surface area (Å²) in [5, 5.41) is 0.824. The predicted molar refractivity (Wildman–Crippen MR) is 80.0 cm³/mol. The van der Waals surface area contributed by atoms with Gasteiger partial charge in [0.1, 0.15) is 0 Å². The Balaban J connectivity index is 1.83. The van der Waals surface area contributed by atoms with Crippen molar-refractivity contribution in [2.24, 2.45) is 4.99 Å². The SMILES string of the molecule is CN1CCC(c2ccc(C3(N=C=O)CC3)cc2Cl)CC1. The highest BCUT2D eigenvalue weighted by molar-refractivity contribution is 6.31. The number of likely N-dealkylation sites (tertiary alicyclic amines) is 1. The van der Waals surface area contributed by atoms with Crippen LogP contribution < -0.4 is 0 Å². The second kappa shape index (κ2) is 5.33. The highest BCUT2D eigenvalue weighted by Gasteiger charge is 2.45. The fourth-order valence-corrected chi connectivity index (χ4v) is 3.47. The third kappa shape index (κ3) is 2.54. The first-order valence-electron chi connectivity index (χ1n) is 7.22. The van der Waals surface area contributed by atoms with E-state index in [9.17, 15) is 4.79 Å². The molecule has 2 aliphatic rings. The van der Waals surface area contributed by atoms with Crippen LogP contribution in [0.5, 0.6) is 0 Å². The molecule has 2 fully saturated rings. The van der Waals surface area contributed by atoms with Gasteiger partial charge in [0.05, 0.1) is 5.54 Å². The van der Waals surface area contributed by atoms with Gasteiger partial charge in [-0.15, -0.1) is 0 Å². The van der Waals surface area contributed by atoms with E-state index in [1.54, 1.807) is 6.08 Å². The summed E-state index contributed by atoms with van der Waals surface area (Å²) in [5.74, 6) is 0.553. The molecule has 0 bridgehead atoms. The van der Waals surface area contributed by atoms with Gasteiger partial charge in [0, 0.05) is 5.02 Å². The van der Waals surface area contributed by atoms with Crippen molar-refractivity contribution in [1.29, 1.82) is 0 Å². The molecule has 1 aromatic rings. The van der Waals surface area contributed by atoms with Crippen molar-refractivity contribution in [1.82, 2.24) is 4.90 Å². The van der Waals surface area contributed by atoms with E-state index in [0.29, 0.717) is 5.92 Å². The highest BCUT2D eigenvalue weighted by atomic mass is 35.5. The maximum absolute atomic E-state index is 10.5. The lowest BCUT2D eigenvalue weighted by molar-refractivity contribution is 0.255. The van der Waals surface area contributed by atoms with Crippen LogP contribution in [0.15, 0.2) is 23.2 Å². The highest BCUT2D eigenvalue weighted by Crippen LogP contribution is 2.50. The third-order valence-corrected chi connectivity index (χ3v) is 5.01. The van der Waals surface area contributed by atoms with Crippen LogP contribution in [-0.2, 0) is 10.3 Å². The second-order valence-electron chi connectivity index (χ2n) is 6.05. The molecule has 1 saturated heterocycles. The Bertz CT molecular complexity index is 554. The van der Waals surface area contributed by atoms with Crippen LogP contribution in [0, 0.1) is 0 Å². The Kier molecular flexibility index (Phi) is 3.68. The van der Waals surface area contributed by atoms with Gasteiger partial charge in [-0.3, -0.25) is 0 Å². The number of hydrogen-bond donors (Lipinski definition) is 0. The summed E-state index contributed by atoms with van der Waals surface area (Å²) in [6.07, 6.45) is 5.86. The lowest BCUT2D eigenvalue weighted by Gasteiger charge is -2.30. The summed E-state index contributed by atoms with van der Waals surface area (Å²) in [7, 11) is 2.16. The number of piperidine rings is 1. The lowest BCUT2D eigenvalue weighted by Crippen LogP contribution is -2.29. The Morgan fingerprint density at radius 2 is 2.05 bits per heavy atom. The molecular weight excluding hydrogens is 272 g/mol. The number of carbonyl (C=O) groups excluding carboxylic acids is 1. The number of aliphatic imine (C=N–C) groups is 1. The zero-order chi connectivity index (χ0) is 14.2. The molecular formula is C16H19ClN2O. The number of rotatable bonds is 3. The van der Waals surface area contributed by atoms with E-state index in [4.69, 9.17) is 11.6 Å². The number of hydrogen-bond acceptors (Lipinski definition) is 3. The van der Waals surface area contributed by atoms with Crippen LogP contribution in [0.1, 0.15) is 42.7 Å². The molecule has 3 rings (SSSR count). The maximum atomic E-state index is 10.5. The van der Waals surface area contributed by atoms with Gasteiger partial charge in [-0.1, -0.05) is 23.7 Å². The minimum absolute atomic E-state index is 0.323. The average molecular weight is 291 g/mol. The third-order valence-electron chi connectivity index (χ3n) is 4.68. The number of nitrogens with zero attached hydrogens (tertiary/aromatic N) is 2. The molecule has 1 heterocycles. The van der Waals surface area contributed by atoms with Gasteiger partial charge in [0.2, 0.25) is 6.08 Å². The van der Waals surface area contributed by atoms with Gasteiger partial charge in [0.25, 0.3) is 0 Å². The first kappa shape index (κ1) is 13.8. The topological polar surface area (TPSA) is 32.7 Å². The smallest absolute Gasteiger partial charge is 0.235 e. The zero-order valence-corrected chi connectivity index (χ0v) is 12.5. The van der Waals surface area contributed by atoms with E-state index < -0.39 is 0 Å². The molecule has 0 spiro atoms. The van der Waals surface area contributed by atoms with Gasteiger partial charge in [-0.05, 0) is 68.9 Å². The molecule has 1 aliphatic carbocycles. The molecule has 0 amide bonds. The molecule has 1 aromatic carbocycles. The van der Waals surface area contributed by atoms with Crippen molar-refractivity contribution in [3.05, 3.63) is 34.3 Å². The summed E-state index contributed by atoms with van der Waals surface area (Å²) in [6, 6.07) is 6.23. The molecule has 4 heteroatoms. The van der Waals surface area contributed by atoms with E-state index in [-0.39, 0.29) is 5.54 Å². The summed E-state index contributed by atoms with van der Waals surface area (Å²) >= 11 is 6.48. The summed E-state index contributed by atoms with van der Waals surface area (Å²) in [6.45, 7) is 2.25. The fraction of sp³-hybridized carbons (Fsp3) is 0.562. The minimum atomic E-state index is -0.323. The quantitative estimate of drug-likeness (QED) is 0.631. The minimum Gasteiger partial charge on any atom is -0.306 e. The molecule has 1 aliphatic heterocycles. The van der Waals surface area contributed by atoms with E-state index in [1.165, 1.54) is 5.56 Å². The molecule has 0 atom stereocenters. The molecule has 106 valence electrons. The van der Waals surface area contributed by atoms with Crippen LogP contribution in [0.4, 0.5) is 0 Å². The Hall–Kier alpha value is -1.15. The largest absolute Gasteiger partial charge is 0.306 e. The Labute approximate surface area is 124 Å². The van der Waals surface area contributed by atoms with Crippen LogP contribution >= 0.6 is 11.6 Å². The van der Waals surface area contributed by atoms with Gasteiger partial charge < -0.3 is 4.90 Å². The number of isocyanates is 1. The van der Waals surface area contributed by atoms with Gasteiger partial charge in [-0.25, -0.2) is 4.79 Å². The zero-order valence-electron chi connectivity index (χ0n) is 11.7. The number of benzene rings is 1. The fourth-order valence-electron chi connectivity index (χ4n) is 3.14. The Morgan fingerprint density at radius 1 is 1.35 bits per heavy atom. The maximum Gasteiger partial charge on any atom is 0.235 e. The predicted octanol–water partition coefficient (Wildman–Crippen LogP) is 3.47. The molecule has 3 nitrogen and oxygen atoms in total.